The lowest BCUT2D eigenvalue weighted by Gasteiger charge is -2.24. The number of carbonyl (C=O) groups excluding carboxylic acids is 3. The number of carbonyl (C=O) groups is 3. The van der Waals surface area contributed by atoms with Gasteiger partial charge in [-0.3, -0.25) is 14.4 Å². The second-order valence-electron chi connectivity index (χ2n) is 10.6. The second kappa shape index (κ2) is 12.4. The summed E-state index contributed by atoms with van der Waals surface area (Å²) in [6, 6.07) is 16.8. The predicted octanol–water partition coefficient (Wildman–Crippen LogP) is 6.46. The van der Waals surface area contributed by atoms with Gasteiger partial charge >= 0.3 is 6.01 Å². The summed E-state index contributed by atoms with van der Waals surface area (Å²) >= 11 is 6.26. The van der Waals surface area contributed by atoms with Crippen molar-refractivity contribution in [3.8, 4) is 22.9 Å². The molecule has 1 saturated heterocycles. The van der Waals surface area contributed by atoms with E-state index in [2.05, 4.69) is 15.3 Å². The standard InChI is InChI=1S/C33H26ClF2N5O4/c1-19(42)25-17-40(28-15-21(10-11-23(25)28)45-33-37-12-5-13-38-33)18-30(43)41-16-20(35)14-29(41)32(44)39-27-9-4-7-24(31(27)36)22-6-2-3-8-26(22)34/h2-13,15,17,20,29H,14,16,18H2,1H3,(H,39,44). The van der Waals surface area contributed by atoms with E-state index in [1.54, 1.807) is 65.4 Å². The molecule has 6 rings (SSSR count). The van der Waals surface area contributed by atoms with Crippen molar-refractivity contribution < 1.29 is 27.9 Å². The molecule has 1 aliphatic heterocycles. The SMILES string of the molecule is CC(=O)c1cn(CC(=O)N2CC(F)CC2C(=O)Nc2cccc(-c3ccccc3Cl)c2F)c2cc(Oc3ncccn3)ccc12. The van der Waals surface area contributed by atoms with Gasteiger partial charge in [-0.15, -0.1) is 0 Å². The highest BCUT2D eigenvalue weighted by molar-refractivity contribution is 6.33. The van der Waals surface area contributed by atoms with E-state index >= 15 is 4.39 Å². The third-order valence-corrected chi connectivity index (χ3v) is 7.91. The van der Waals surface area contributed by atoms with Crippen molar-refractivity contribution in [1.29, 1.82) is 0 Å². The van der Waals surface area contributed by atoms with E-state index < -0.39 is 29.8 Å². The predicted molar refractivity (Wildman–Crippen MR) is 165 cm³/mol. The summed E-state index contributed by atoms with van der Waals surface area (Å²) in [5.41, 5.74) is 1.40. The molecule has 228 valence electrons. The number of likely N-dealkylation sites (tertiary alicyclic amines) is 1. The molecule has 0 radical (unpaired) electrons. The number of alkyl halides is 1. The zero-order valence-electron chi connectivity index (χ0n) is 23.9. The van der Waals surface area contributed by atoms with Crippen LogP contribution in [0.2, 0.25) is 5.02 Å². The number of ketones is 1. The van der Waals surface area contributed by atoms with Gasteiger partial charge in [-0.25, -0.2) is 18.7 Å². The first-order valence-electron chi connectivity index (χ1n) is 14.1. The number of aromatic nitrogens is 3. The van der Waals surface area contributed by atoms with Crippen LogP contribution in [-0.2, 0) is 16.1 Å². The van der Waals surface area contributed by atoms with Crippen molar-refractivity contribution >= 4 is 45.8 Å². The lowest BCUT2D eigenvalue weighted by molar-refractivity contribution is -0.137. The van der Waals surface area contributed by atoms with E-state index in [9.17, 15) is 18.8 Å². The molecule has 1 aliphatic rings. The van der Waals surface area contributed by atoms with E-state index in [-0.39, 0.29) is 42.6 Å². The average molecular weight is 630 g/mol. The van der Waals surface area contributed by atoms with Crippen LogP contribution in [0.3, 0.4) is 0 Å². The fourth-order valence-electron chi connectivity index (χ4n) is 5.47. The summed E-state index contributed by atoms with van der Waals surface area (Å²) < 4.78 is 37.5. The fraction of sp³-hybridized carbons (Fsp3) is 0.182. The molecule has 2 unspecified atom stereocenters. The van der Waals surface area contributed by atoms with Crippen LogP contribution in [0.15, 0.2) is 85.3 Å². The number of nitrogens with zero attached hydrogens (tertiary/aromatic N) is 4. The van der Waals surface area contributed by atoms with Gasteiger partial charge in [0.1, 0.15) is 24.5 Å². The van der Waals surface area contributed by atoms with Crippen LogP contribution >= 0.6 is 11.6 Å². The summed E-state index contributed by atoms with van der Waals surface area (Å²) in [7, 11) is 0. The van der Waals surface area contributed by atoms with Crippen molar-refractivity contribution in [3.63, 3.8) is 0 Å². The van der Waals surface area contributed by atoms with Crippen molar-refractivity contribution in [2.75, 3.05) is 11.9 Å². The topological polar surface area (TPSA) is 106 Å². The summed E-state index contributed by atoms with van der Waals surface area (Å²) in [5, 5.41) is 3.46. The third-order valence-electron chi connectivity index (χ3n) is 7.58. The Morgan fingerprint density at radius 2 is 1.78 bits per heavy atom. The Morgan fingerprint density at radius 1 is 1.02 bits per heavy atom. The maximum Gasteiger partial charge on any atom is 0.321 e. The highest BCUT2D eigenvalue weighted by Crippen LogP contribution is 2.34. The van der Waals surface area contributed by atoms with Crippen LogP contribution in [0.4, 0.5) is 14.5 Å². The number of fused-ring (bicyclic) bond motifs is 1. The number of hydrogen-bond acceptors (Lipinski definition) is 6. The molecule has 3 heterocycles. The van der Waals surface area contributed by atoms with Crippen LogP contribution in [0, 0.1) is 5.82 Å². The first-order valence-corrected chi connectivity index (χ1v) is 14.4. The minimum Gasteiger partial charge on any atom is -0.424 e. The van der Waals surface area contributed by atoms with Gasteiger partial charge in [0.25, 0.3) is 0 Å². The molecular formula is C33H26ClF2N5O4. The Bertz CT molecular complexity index is 1930. The van der Waals surface area contributed by atoms with Crippen LogP contribution < -0.4 is 10.1 Å². The maximum absolute atomic E-state index is 15.5. The molecule has 12 heteroatoms. The molecule has 2 atom stereocenters. The number of benzene rings is 3. The second-order valence-corrected chi connectivity index (χ2v) is 11.0. The third kappa shape index (κ3) is 6.12. The van der Waals surface area contributed by atoms with E-state index in [4.69, 9.17) is 16.3 Å². The number of hydrogen-bond donors (Lipinski definition) is 1. The van der Waals surface area contributed by atoms with Crippen LogP contribution in [0.5, 0.6) is 11.8 Å². The van der Waals surface area contributed by atoms with Gasteiger partial charge < -0.3 is 19.5 Å². The molecule has 5 aromatic rings. The van der Waals surface area contributed by atoms with Gasteiger partial charge in [0, 0.05) is 58.2 Å². The number of anilines is 1. The van der Waals surface area contributed by atoms with Crippen molar-refractivity contribution in [2.24, 2.45) is 0 Å². The molecule has 0 spiro atoms. The van der Waals surface area contributed by atoms with Gasteiger partial charge in [0.2, 0.25) is 11.8 Å². The maximum atomic E-state index is 15.5. The highest BCUT2D eigenvalue weighted by Gasteiger charge is 2.40. The van der Waals surface area contributed by atoms with Crippen molar-refractivity contribution in [1.82, 2.24) is 19.4 Å². The monoisotopic (exact) mass is 629 g/mol. The normalized spacial score (nSPS) is 16.1. The Hall–Kier alpha value is -5.16. The van der Waals surface area contributed by atoms with E-state index in [1.807, 2.05) is 0 Å². The van der Waals surface area contributed by atoms with E-state index in [0.29, 0.717) is 32.8 Å². The lowest BCUT2D eigenvalue weighted by atomic mass is 10.0. The summed E-state index contributed by atoms with van der Waals surface area (Å²) in [6.45, 7) is 0.816. The zero-order valence-corrected chi connectivity index (χ0v) is 24.7. The molecule has 3 aromatic carbocycles. The van der Waals surface area contributed by atoms with E-state index in [0.717, 1.165) is 4.90 Å². The van der Waals surface area contributed by atoms with E-state index in [1.165, 1.54) is 31.5 Å². The number of halogens is 3. The Kier molecular flexibility index (Phi) is 8.27. The molecule has 9 nitrogen and oxygen atoms in total. The van der Waals surface area contributed by atoms with Gasteiger partial charge in [-0.1, -0.05) is 41.9 Å². The lowest BCUT2D eigenvalue weighted by Crippen LogP contribution is -2.44. The largest absolute Gasteiger partial charge is 0.424 e. The quantitative estimate of drug-likeness (QED) is 0.197. The van der Waals surface area contributed by atoms with Crippen molar-refractivity contribution in [2.45, 2.75) is 32.1 Å². The van der Waals surface area contributed by atoms with Crippen LogP contribution in [-0.4, -0.2) is 55.8 Å². The van der Waals surface area contributed by atoms with Crippen LogP contribution in [0.1, 0.15) is 23.7 Å². The molecule has 0 aliphatic carbocycles. The average Bonchev–Trinajstić information content (AvgIpc) is 3.60. The Balaban J connectivity index is 1.24. The first-order chi connectivity index (χ1) is 21.7. The molecule has 45 heavy (non-hydrogen) atoms. The van der Waals surface area contributed by atoms with Crippen molar-refractivity contribution in [3.05, 3.63) is 102 Å². The number of Topliss-reactive ketones (excluding diaryl/α,β-unsaturated/α-hetero) is 1. The number of ether oxygens (including phenoxy) is 1. The smallest absolute Gasteiger partial charge is 0.321 e. The first kappa shape index (κ1) is 29.9. The number of nitrogens with one attached hydrogen (secondary N) is 1. The zero-order chi connectivity index (χ0) is 31.7. The molecule has 1 fully saturated rings. The van der Waals surface area contributed by atoms with Gasteiger partial charge in [-0.2, -0.15) is 0 Å². The molecule has 0 bridgehead atoms. The molecule has 0 saturated carbocycles. The number of rotatable bonds is 8. The molecular weight excluding hydrogens is 604 g/mol. The summed E-state index contributed by atoms with van der Waals surface area (Å²) in [5.74, 6) is -1.82. The van der Waals surface area contributed by atoms with Crippen LogP contribution in [0.25, 0.3) is 22.0 Å². The Labute approximate surface area is 261 Å². The minimum atomic E-state index is -1.45. The fourth-order valence-corrected chi connectivity index (χ4v) is 5.71. The summed E-state index contributed by atoms with van der Waals surface area (Å²) in [6.07, 6.45) is 2.90. The van der Waals surface area contributed by atoms with Gasteiger partial charge in [0.05, 0.1) is 17.7 Å². The van der Waals surface area contributed by atoms with Gasteiger partial charge in [0.15, 0.2) is 11.6 Å². The number of amides is 2. The Morgan fingerprint density at radius 3 is 2.53 bits per heavy atom. The molecule has 2 amide bonds. The highest BCUT2D eigenvalue weighted by atomic mass is 35.5. The minimum absolute atomic E-state index is 0.117. The van der Waals surface area contributed by atoms with Gasteiger partial charge in [-0.05, 0) is 37.3 Å². The molecule has 1 N–H and O–H groups in total. The summed E-state index contributed by atoms with van der Waals surface area (Å²) in [4.78, 5) is 48.6. The molecule has 2 aromatic heterocycles.